The van der Waals surface area contributed by atoms with Crippen LogP contribution in [-0.2, 0) is 0 Å². The summed E-state index contributed by atoms with van der Waals surface area (Å²) < 4.78 is 14.5. The van der Waals surface area contributed by atoms with Gasteiger partial charge in [0.1, 0.15) is 5.82 Å². The van der Waals surface area contributed by atoms with Crippen LogP contribution in [-0.4, -0.2) is 53.0 Å². The number of ketones is 1. The van der Waals surface area contributed by atoms with E-state index >= 15 is 0 Å². The molecule has 2 aliphatic heterocycles. The van der Waals surface area contributed by atoms with Gasteiger partial charge < -0.3 is 20.0 Å². The van der Waals surface area contributed by atoms with Gasteiger partial charge in [-0.05, 0) is 42.8 Å². The molecule has 0 unspecified atom stereocenters. The second-order valence-electron chi connectivity index (χ2n) is 8.06. The van der Waals surface area contributed by atoms with E-state index in [1.807, 2.05) is 11.8 Å². The van der Waals surface area contributed by atoms with Crippen molar-refractivity contribution < 1.29 is 24.2 Å². The Morgan fingerprint density at radius 1 is 1.00 bits per heavy atom. The van der Waals surface area contributed by atoms with Crippen molar-refractivity contribution in [2.45, 2.75) is 19.8 Å². The Morgan fingerprint density at radius 3 is 2.31 bits per heavy atom. The SMILES string of the molecule is CCCC(=O)c1ccc(N2CC3(CN(C(=O)c4ccc(O)c(O)c4)C3)C2)c(F)c1. The van der Waals surface area contributed by atoms with Crippen molar-refractivity contribution in [3.63, 3.8) is 0 Å². The van der Waals surface area contributed by atoms with Gasteiger partial charge in [-0.2, -0.15) is 0 Å². The molecular formula is C22H23FN2O4. The molecule has 0 aromatic heterocycles. The number of amides is 1. The highest BCUT2D eigenvalue weighted by atomic mass is 19.1. The van der Waals surface area contributed by atoms with Crippen LogP contribution in [0, 0.1) is 11.2 Å². The summed E-state index contributed by atoms with van der Waals surface area (Å²) >= 11 is 0. The number of likely N-dealkylation sites (tertiary alicyclic amines) is 1. The number of benzene rings is 2. The van der Waals surface area contributed by atoms with E-state index < -0.39 is 5.82 Å². The number of halogens is 1. The molecule has 0 bridgehead atoms. The van der Waals surface area contributed by atoms with Gasteiger partial charge in [-0.25, -0.2) is 4.39 Å². The predicted octanol–water partition coefficient (Wildman–Crippen LogP) is 3.18. The summed E-state index contributed by atoms with van der Waals surface area (Å²) in [6.45, 7) is 4.35. The lowest BCUT2D eigenvalue weighted by Crippen LogP contribution is -2.73. The van der Waals surface area contributed by atoms with Gasteiger partial charge in [0.15, 0.2) is 17.3 Å². The summed E-state index contributed by atoms with van der Waals surface area (Å²) in [6, 6.07) is 8.67. The summed E-state index contributed by atoms with van der Waals surface area (Å²) in [5.74, 6) is -1.23. The van der Waals surface area contributed by atoms with Crippen LogP contribution in [0.15, 0.2) is 36.4 Å². The number of hydrogen-bond acceptors (Lipinski definition) is 5. The van der Waals surface area contributed by atoms with E-state index in [0.717, 1.165) is 6.42 Å². The van der Waals surface area contributed by atoms with E-state index in [0.29, 0.717) is 49.4 Å². The fraction of sp³-hybridized carbons (Fsp3) is 0.364. The average molecular weight is 398 g/mol. The fourth-order valence-corrected chi connectivity index (χ4v) is 4.19. The first-order valence-corrected chi connectivity index (χ1v) is 9.71. The molecule has 2 fully saturated rings. The number of aromatic hydroxyl groups is 2. The van der Waals surface area contributed by atoms with Crippen LogP contribution >= 0.6 is 0 Å². The Kier molecular flexibility index (Phi) is 4.68. The summed E-state index contributed by atoms with van der Waals surface area (Å²) in [6.07, 6.45) is 1.14. The molecule has 0 atom stereocenters. The first kappa shape index (κ1) is 19.2. The molecule has 2 aromatic rings. The molecular weight excluding hydrogens is 375 g/mol. The second kappa shape index (κ2) is 7.06. The van der Waals surface area contributed by atoms with Crippen molar-refractivity contribution in [1.29, 1.82) is 0 Å². The molecule has 0 aliphatic carbocycles. The minimum Gasteiger partial charge on any atom is -0.504 e. The van der Waals surface area contributed by atoms with E-state index in [9.17, 15) is 24.2 Å². The van der Waals surface area contributed by atoms with Crippen molar-refractivity contribution in [2.75, 3.05) is 31.1 Å². The molecule has 6 nitrogen and oxygen atoms in total. The van der Waals surface area contributed by atoms with Crippen molar-refractivity contribution in [3.05, 3.63) is 53.3 Å². The number of Topliss-reactive ketones (excluding diaryl/α,β-unsaturated/α-hetero) is 1. The highest BCUT2D eigenvalue weighted by Gasteiger charge is 2.53. The molecule has 0 saturated carbocycles. The molecule has 2 heterocycles. The predicted molar refractivity (Wildman–Crippen MR) is 106 cm³/mol. The zero-order chi connectivity index (χ0) is 20.8. The van der Waals surface area contributed by atoms with Gasteiger partial charge in [0, 0.05) is 49.1 Å². The Morgan fingerprint density at radius 2 is 1.69 bits per heavy atom. The molecule has 2 saturated heterocycles. The molecule has 29 heavy (non-hydrogen) atoms. The molecule has 4 rings (SSSR count). The quantitative estimate of drug-likeness (QED) is 0.597. The number of phenolic OH excluding ortho intramolecular Hbond substituents is 2. The van der Waals surface area contributed by atoms with Gasteiger partial charge in [-0.1, -0.05) is 6.92 Å². The molecule has 7 heteroatoms. The third-order valence-electron chi connectivity index (χ3n) is 5.70. The topological polar surface area (TPSA) is 81.1 Å². The van der Waals surface area contributed by atoms with Crippen LogP contribution in [0.5, 0.6) is 11.5 Å². The molecule has 152 valence electrons. The lowest BCUT2D eigenvalue weighted by atomic mass is 9.72. The van der Waals surface area contributed by atoms with Gasteiger partial charge in [0.05, 0.1) is 5.69 Å². The van der Waals surface area contributed by atoms with Gasteiger partial charge >= 0.3 is 0 Å². The molecule has 2 N–H and O–H groups in total. The molecule has 1 spiro atoms. The zero-order valence-electron chi connectivity index (χ0n) is 16.2. The summed E-state index contributed by atoms with van der Waals surface area (Å²) in [5, 5.41) is 18.9. The smallest absolute Gasteiger partial charge is 0.254 e. The number of phenols is 2. The van der Waals surface area contributed by atoms with Gasteiger partial charge in [0.2, 0.25) is 0 Å². The lowest BCUT2D eigenvalue weighted by Gasteiger charge is -2.60. The minimum absolute atomic E-state index is 0.0439. The Hall–Kier alpha value is -3.09. The first-order chi connectivity index (χ1) is 13.8. The maximum absolute atomic E-state index is 14.5. The van der Waals surface area contributed by atoms with Crippen LogP contribution < -0.4 is 4.90 Å². The average Bonchev–Trinajstić information content (AvgIpc) is 2.62. The van der Waals surface area contributed by atoms with Crippen molar-refractivity contribution in [2.24, 2.45) is 5.41 Å². The number of anilines is 1. The van der Waals surface area contributed by atoms with Gasteiger partial charge in [0.25, 0.3) is 5.91 Å². The lowest BCUT2D eigenvalue weighted by molar-refractivity contribution is -0.0107. The van der Waals surface area contributed by atoms with Gasteiger partial charge in [-0.3, -0.25) is 9.59 Å². The maximum Gasteiger partial charge on any atom is 0.254 e. The summed E-state index contributed by atoms with van der Waals surface area (Å²) in [4.78, 5) is 28.1. The third-order valence-corrected chi connectivity index (χ3v) is 5.70. The van der Waals surface area contributed by atoms with E-state index in [4.69, 9.17) is 0 Å². The van der Waals surface area contributed by atoms with Gasteiger partial charge in [-0.15, -0.1) is 0 Å². The van der Waals surface area contributed by atoms with Crippen molar-refractivity contribution in [1.82, 2.24) is 4.90 Å². The maximum atomic E-state index is 14.5. The highest BCUT2D eigenvalue weighted by Crippen LogP contribution is 2.43. The zero-order valence-corrected chi connectivity index (χ0v) is 16.2. The Balaban J connectivity index is 1.35. The molecule has 0 radical (unpaired) electrons. The normalized spacial score (nSPS) is 17.0. The van der Waals surface area contributed by atoms with Crippen molar-refractivity contribution in [3.8, 4) is 11.5 Å². The largest absolute Gasteiger partial charge is 0.504 e. The molecule has 2 aromatic carbocycles. The number of carbonyl (C=O) groups is 2. The first-order valence-electron chi connectivity index (χ1n) is 9.71. The fourth-order valence-electron chi connectivity index (χ4n) is 4.19. The van der Waals surface area contributed by atoms with Crippen molar-refractivity contribution >= 4 is 17.4 Å². The number of rotatable bonds is 5. The molecule has 1 amide bonds. The van der Waals surface area contributed by atoms with Crippen LogP contribution in [0.1, 0.15) is 40.5 Å². The third kappa shape index (κ3) is 3.41. The summed E-state index contributed by atoms with van der Waals surface area (Å²) in [5.41, 5.74) is 1.17. The Labute approximate surface area is 168 Å². The van der Waals surface area contributed by atoms with E-state index in [1.165, 1.54) is 24.3 Å². The standard InChI is InChI=1S/C22H23FN2O4/c1-2-3-18(26)14-4-6-17(16(23)8-14)24-10-22(11-24)12-25(13-22)21(29)15-5-7-19(27)20(28)9-15/h4-9,27-28H,2-3,10-13H2,1H3. The van der Waals surface area contributed by atoms with Crippen LogP contribution in [0.4, 0.5) is 10.1 Å². The Bertz CT molecular complexity index is 977. The summed E-state index contributed by atoms with van der Waals surface area (Å²) in [7, 11) is 0. The second-order valence-corrected chi connectivity index (χ2v) is 8.06. The molecule has 2 aliphatic rings. The van der Waals surface area contributed by atoms with E-state index in [-0.39, 0.29) is 28.6 Å². The van der Waals surface area contributed by atoms with E-state index in [2.05, 4.69) is 0 Å². The number of hydrogen-bond donors (Lipinski definition) is 2. The van der Waals surface area contributed by atoms with Crippen LogP contribution in [0.25, 0.3) is 0 Å². The monoisotopic (exact) mass is 398 g/mol. The van der Waals surface area contributed by atoms with Crippen LogP contribution in [0.3, 0.4) is 0 Å². The van der Waals surface area contributed by atoms with E-state index in [1.54, 1.807) is 17.0 Å². The highest BCUT2D eigenvalue weighted by molar-refractivity contribution is 5.96. The number of carbonyl (C=O) groups excluding carboxylic acids is 2. The van der Waals surface area contributed by atoms with Crippen LogP contribution in [0.2, 0.25) is 0 Å². The number of nitrogens with zero attached hydrogens (tertiary/aromatic N) is 2. The minimum atomic E-state index is -0.395.